The van der Waals surface area contributed by atoms with Gasteiger partial charge in [0.1, 0.15) is 0 Å². The Morgan fingerprint density at radius 3 is 2.76 bits per heavy atom. The summed E-state index contributed by atoms with van der Waals surface area (Å²) in [6.07, 6.45) is 1.45. The summed E-state index contributed by atoms with van der Waals surface area (Å²) in [6, 6.07) is 0.298. The molecule has 17 heavy (non-hydrogen) atoms. The maximum absolute atomic E-state index is 12.0. The van der Waals surface area contributed by atoms with E-state index in [0.717, 1.165) is 19.5 Å². The van der Waals surface area contributed by atoms with Crippen molar-refractivity contribution in [3.8, 4) is 0 Å². The summed E-state index contributed by atoms with van der Waals surface area (Å²) < 4.78 is 0. The van der Waals surface area contributed by atoms with E-state index in [2.05, 4.69) is 24.2 Å². The van der Waals surface area contributed by atoms with E-state index in [-0.39, 0.29) is 18.4 Å². The fourth-order valence-corrected chi connectivity index (χ4v) is 2.87. The fraction of sp³-hybridized carbons (Fsp3) is 0.833. The van der Waals surface area contributed by atoms with Crippen LogP contribution in [0.1, 0.15) is 19.8 Å². The molecule has 2 amide bonds. The van der Waals surface area contributed by atoms with Gasteiger partial charge in [-0.3, -0.25) is 9.59 Å². The molecular formula is C12H21N3O2. The number of hydrogen-bond donors (Lipinski definition) is 1. The van der Waals surface area contributed by atoms with Crippen molar-refractivity contribution in [1.82, 2.24) is 15.1 Å². The molecule has 2 saturated heterocycles. The lowest BCUT2D eigenvalue weighted by atomic mass is 9.92. The van der Waals surface area contributed by atoms with Gasteiger partial charge in [-0.25, -0.2) is 0 Å². The van der Waals surface area contributed by atoms with E-state index >= 15 is 0 Å². The summed E-state index contributed by atoms with van der Waals surface area (Å²) in [5.74, 6) is 0.532. The molecule has 0 saturated carbocycles. The quantitative estimate of drug-likeness (QED) is 0.682. The van der Waals surface area contributed by atoms with E-state index in [1.165, 1.54) is 0 Å². The van der Waals surface area contributed by atoms with Gasteiger partial charge in [0.2, 0.25) is 11.8 Å². The molecule has 2 unspecified atom stereocenters. The average Bonchev–Trinajstić information content (AvgIpc) is 2.43. The first kappa shape index (κ1) is 12.4. The van der Waals surface area contributed by atoms with Crippen molar-refractivity contribution in [3.63, 3.8) is 0 Å². The third-order valence-corrected chi connectivity index (χ3v) is 3.80. The molecule has 1 N–H and O–H groups in total. The van der Waals surface area contributed by atoms with Crippen LogP contribution in [0.4, 0.5) is 0 Å². The number of amides is 2. The van der Waals surface area contributed by atoms with Crippen LogP contribution in [-0.2, 0) is 9.59 Å². The zero-order valence-corrected chi connectivity index (χ0v) is 10.6. The molecule has 2 atom stereocenters. The smallest absolute Gasteiger partial charge is 0.242 e. The fourth-order valence-electron chi connectivity index (χ4n) is 2.87. The Morgan fingerprint density at radius 2 is 2.06 bits per heavy atom. The Bertz CT molecular complexity index is 319. The highest BCUT2D eigenvalue weighted by Gasteiger charge is 2.33. The molecule has 2 fully saturated rings. The van der Waals surface area contributed by atoms with Gasteiger partial charge in [0.05, 0.1) is 6.54 Å². The number of nitrogens with one attached hydrogen (secondary N) is 1. The Labute approximate surface area is 102 Å². The van der Waals surface area contributed by atoms with Gasteiger partial charge in [-0.05, 0) is 25.9 Å². The largest absolute Gasteiger partial charge is 0.347 e. The second-order valence-electron chi connectivity index (χ2n) is 5.21. The van der Waals surface area contributed by atoms with Crippen molar-refractivity contribution >= 4 is 11.8 Å². The van der Waals surface area contributed by atoms with Crippen LogP contribution in [0.5, 0.6) is 0 Å². The summed E-state index contributed by atoms with van der Waals surface area (Å²) in [5.41, 5.74) is 0. The Kier molecular flexibility index (Phi) is 3.66. The van der Waals surface area contributed by atoms with Gasteiger partial charge in [0, 0.05) is 25.6 Å². The molecule has 0 aromatic heterocycles. The van der Waals surface area contributed by atoms with Crippen molar-refractivity contribution in [1.29, 1.82) is 0 Å². The van der Waals surface area contributed by atoms with Gasteiger partial charge in [-0.15, -0.1) is 0 Å². The molecule has 2 rings (SSSR count). The lowest BCUT2D eigenvalue weighted by Crippen LogP contribution is -2.52. The molecule has 0 aromatic carbocycles. The summed E-state index contributed by atoms with van der Waals surface area (Å²) >= 11 is 0. The molecule has 2 heterocycles. The molecule has 2 aliphatic heterocycles. The minimum absolute atomic E-state index is 0.0126. The first-order valence-electron chi connectivity index (χ1n) is 6.32. The third-order valence-electron chi connectivity index (χ3n) is 3.80. The first-order chi connectivity index (χ1) is 8.08. The molecule has 0 aromatic rings. The third kappa shape index (κ3) is 2.77. The van der Waals surface area contributed by atoms with E-state index in [9.17, 15) is 9.59 Å². The van der Waals surface area contributed by atoms with E-state index in [4.69, 9.17) is 0 Å². The van der Waals surface area contributed by atoms with Crippen molar-refractivity contribution in [2.45, 2.75) is 25.8 Å². The average molecular weight is 239 g/mol. The molecule has 5 heteroatoms. The van der Waals surface area contributed by atoms with Crippen LogP contribution in [-0.4, -0.2) is 60.9 Å². The topological polar surface area (TPSA) is 52.6 Å². The Hall–Kier alpha value is -1.10. The maximum Gasteiger partial charge on any atom is 0.242 e. The number of carbonyl (C=O) groups excluding carboxylic acids is 2. The van der Waals surface area contributed by atoms with Crippen LogP contribution in [0.15, 0.2) is 0 Å². The molecule has 5 nitrogen and oxygen atoms in total. The normalized spacial score (nSPS) is 32.2. The maximum atomic E-state index is 12.0. The van der Waals surface area contributed by atoms with E-state index in [1.807, 2.05) is 4.90 Å². The molecule has 0 bridgehead atoms. The SMILES string of the molecule is CC1CN(C)CCC1N1CCC(=O)NCC1=O. The predicted molar refractivity (Wildman–Crippen MR) is 64.4 cm³/mol. The Morgan fingerprint density at radius 1 is 1.29 bits per heavy atom. The summed E-state index contributed by atoms with van der Waals surface area (Å²) in [5, 5.41) is 2.65. The minimum atomic E-state index is -0.0126. The van der Waals surface area contributed by atoms with Crippen molar-refractivity contribution in [2.24, 2.45) is 5.92 Å². The van der Waals surface area contributed by atoms with Gasteiger partial charge in [-0.2, -0.15) is 0 Å². The minimum Gasteiger partial charge on any atom is -0.347 e. The molecule has 0 spiro atoms. The monoisotopic (exact) mass is 239 g/mol. The molecule has 0 radical (unpaired) electrons. The molecule has 2 aliphatic rings. The van der Waals surface area contributed by atoms with Gasteiger partial charge in [0.25, 0.3) is 0 Å². The summed E-state index contributed by atoms with van der Waals surface area (Å²) in [7, 11) is 2.11. The first-order valence-corrected chi connectivity index (χ1v) is 6.32. The number of rotatable bonds is 1. The van der Waals surface area contributed by atoms with Crippen LogP contribution in [0.2, 0.25) is 0 Å². The van der Waals surface area contributed by atoms with Crippen LogP contribution in [0.25, 0.3) is 0 Å². The van der Waals surface area contributed by atoms with Crippen LogP contribution in [0.3, 0.4) is 0 Å². The second-order valence-corrected chi connectivity index (χ2v) is 5.21. The van der Waals surface area contributed by atoms with Crippen molar-refractivity contribution in [2.75, 3.05) is 33.2 Å². The molecule has 0 aliphatic carbocycles. The summed E-state index contributed by atoms with van der Waals surface area (Å²) in [6.45, 7) is 4.98. The number of likely N-dealkylation sites (tertiary alicyclic amines) is 1. The molecular weight excluding hydrogens is 218 g/mol. The van der Waals surface area contributed by atoms with E-state index < -0.39 is 0 Å². The van der Waals surface area contributed by atoms with E-state index in [0.29, 0.717) is 24.9 Å². The predicted octanol–water partition coefficient (Wildman–Crippen LogP) is -0.325. The standard InChI is InChI=1S/C12H21N3O2/c1-9-8-14(2)5-3-10(9)15-6-4-11(16)13-7-12(15)17/h9-10H,3-8H2,1-2H3,(H,13,16). The van der Waals surface area contributed by atoms with Crippen LogP contribution >= 0.6 is 0 Å². The van der Waals surface area contributed by atoms with Gasteiger partial charge < -0.3 is 15.1 Å². The molecule has 96 valence electrons. The van der Waals surface area contributed by atoms with Crippen LogP contribution < -0.4 is 5.32 Å². The van der Waals surface area contributed by atoms with Gasteiger partial charge in [0.15, 0.2) is 0 Å². The number of nitrogens with zero attached hydrogens (tertiary/aromatic N) is 2. The van der Waals surface area contributed by atoms with Gasteiger partial charge >= 0.3 is 0 Å². The highest BCUT2D eigenvalue weighted by atomic mass is 16.2. The van der Waals surface area contributed by atoms with Gasteiger partial charge in [-0.1, -0.05) is 6.92 Å². The zero-order chi connectivity index (χ0) is 12.4. The second kappa shape index (κ2) is 5.04. The lowest BCUT2D eigenvalue weighted by Gasteiger charge is -2.41. The van der Waals surface area contributed by atoms with Crippen molar-refractivity contribution in [3.05, 3.63) is 0 Å². The van der Waals surface area contributed by atoms with Crippen molar-refractivity contribution < 1.29 is 9.59 Å². The number of hydrogen-bond acceptors (Lipinski definition) is 3. The highest BCUT2D eigenvalue weighted by Crippen LogP contribution is 2.22. The highest BCUT2D eigenvalue weighted by molar-refractivity contribution is 5.87. The van der Waals surface area contributed by atoms with E-state index in [1.54, 1.807) is 0 Å². The zero-order valence-electron chi connectivity index (χ0n) is 10.6. The summed E-state index contributed by atoms with van der Waals surface area (Å²) in [4.78, 5) is 27.5. The Balaban J connectivity index is 2.04. The number of carbonyl (C=O) groups is 2. The van der Waals surface area contributed by atoms with Crippen LogP contribution in [0, 0.1) is 5.92 Å². The number of piperidine rings is 1. The lowest BCUT2D eigenvalue weighted by molar-refractivity contribution is -0.134.